The van der Waals surface area contributed by atoms with E-state index < -0.39 is 36.6 Å². The van der Waals surface area contributed by atoms with E-state index in [4.69, 9.17) is 0 Å². The molecule has 0 bridgehead atoms. The standard InChI is InChI=1S/C17H13F4N3/c18-11-1-2-15(19)14(7-11)16-9-17(20,21)10-23(16)12-4-6-24-13(8-12)3-5-22-24/h1-8,16H,9-10H2. The molecule has 1 unspecified atom stereocenters. The number of pyridine rings is 1. The molecular formula is C17H13F4N3. The largest absolute Gasteiger partial charge is 0.358 e. The maximum Gasteiger partial charge on any atom is 0.267 e. The Kier molecular flexibility index (Phi) is 3.26. The Morgan fingerprint density at radius 3 is 2.75 bits per heavy atom. The number of anilines is 1. The minimum Gasteiger partial charge on any atom is -0.358 e. The van der Waals surface area contributed by atoms with E-state index in [9.17, 15) is 17.6 Å². The second-order valence-corrected chi connectivity index (χ2v) is 5.96. The summed E-state index contributed by atoms with van der Waals surface area (Å²) in [6.07, 6.45) is 2.69. The maximum absolute atomic E-state index is 14.1. The molecule has 4 rings (SSSR count). The van der Waals surface area contributed by atoms with Gasteiger partial charge in [0.05, 0.1) is 18.1 Å². The zero-order valence-corrected chi connectivity index (χ0v) is 12.5. The highest BCUT2D eigenvalue weighted by atomic mass is 19.3. The number of aromatic nitrogens is 2. The third-order valence-corrected chi connectivity index (χ3v) is 4.30. The topological polar surface area (TPSA) is 20.5 Å². The zero-order chi connectivity index (χ0) is 16.9. The van der Waals surface area contributed by atoms with Crippen LogP contribution in [0.1, 0.15) is 18.0 Å². The summed E-state index contributed by atoms with van der Waals surface area (Å²) in [6, 6.07) is 7.11. The van der Waals surface area contributed by atoms with Crippen LogP contribution in [0.25, 0.3) is 5.52 Å². The fourth-order valence-electron chi connectivity index (χ4n) is 3.22. The molecule has 1 aliphatic heterocycles. The molecule has 0 amide bonds. The quantitative estimate of drug-likeness (QED) is 0.654. The van der Waals surface area contributed by atoms with Crippen LogP contribution in [-0.2, 0) is 0 Å². The Morgan fingerprint density at radius 2 is 1.92 bits per heavy atom. The molecule has 0 radical (unpaired) electrons. The molecule has 1 aliphatic rings. The summed E-state index contributed by atoms with van der Waals surface area (Å²) >= 11 is 0. The lowest BCUT2D eigenvalue weighted by Gasteiger charge is -2.26. The van der Waals surface area contributed by atoms with Crippen molar-refractivity contribution >= 4 is 11.2 Å². The summed E-state index contributed by atoms with van der Waals surface area (Å²) in [5, 5.41) is 4.06. The molecule has 2 aromatic heterocycles. The SMILES string of the molecule is Fc1ccc(F)c(C2CC(F)(F)CN2c2ccn3nccc3c2)c1. The second kappa shape index (κ2) is 5.22. The van der Waals surface area contributed by atoms with Crippen molar-refractivity contribution in [3.8, 4) is 0 Å². The van der Waals surface area contributed by atoms with Crippen molar-refractivity contribution < 1.29 is 17.6 Å². The lowest BCUT2D eigenvalue weighted by Crippen LogP contribution is -2.26. The number of benzene rings is 1. The molecule has 7 heteroatoms. The summed E-state index contributed by atoms with van der Waals surface area (Å²) in [5.74, 6) is -4.31. The van der Waals surface area contributed by atoms with Crippen LogP contribution in [0.3, 0.4) is 0 Å². The summed E-state index contributed by atoms with van der Waals surface area (Å²) < 4.78 is 57.3. The van der Waals surface area contributed by atoms with E-state index >= 15 is 0 Å². The first-order valence-electron chi connectivity index (χ1n) is 7.46. The van der Waals surface area contributed by atoms with Gasteiger partial charge in [-0.25, -0.2) is 22.1 Å². The van der Waals surface area contributed by atoms with E-state index in [1.54, 1.807) is 35.1 Å². The Hall–Kier alpha value is -2.57. The minimum absolute atomic E-state index is 0.0550. The van der Waals surface area contributed by atoms with Gasteiger partial charge in [-0.1, -0.05) is 0 Å². The summed E-state index contributed by atoms with van der Waals surface area (Å²) in [7, 11) is 0. The van der Waals surface area contributed by atoms with Gasteiger partial charge in [-0.3, -0.25) is 0 Å². The molecule has 3 nitrogen and oxygen atoms in total. The van der Waals surface area contributed by atoms with Crippen LogP contribution in [-0.4, -0.2) is 22.1 Å². The molecule has 1 fully saturated rings. The van der Waals surface area contributed by atoms with Crippen molar-refractivity contribution in [1.82, 2.24) is 9.61 Å². The highest BCUT2D eigenvalue weighted by Gasteiger charge is 2.46. The van der Waals surface area contributed by atoms with Gasteiger partial charge >= 0.3 is 0 Å². The van der Waals surface area contributed by atoms with Gasteiger partial charge < -0.3 is 4.90 Å². The Morgan fingerprint density at radius 1 is 1.08 bits per heavy atom. The molecule has 0 spiro atoms. The number of hydrogen-bond donors (Lipinski definition) is 0. The van der Waals surface area contributed by atoms with Crippen LogP contribution in [0.2, 0.25) is 0 Å². The fraction of sp³-hybridized carbons (Fsp3) is 0.235. The number of alkyl halides is 2. The van der Waals surface area contributed by atoms with Crippen LogP contribution in [0.4, 0.5) is 23.2 Å². The van der Waals surface area contributed by atoms with Crippen molar-refractivity contribution in [3.63, 3.8) is 0 Å². The maximum atomic E-state index is 14.1. The molecule has 124 valence electrons. The third kappa shape index (κ3) is 2.50. The van der Waals surface area contributed by atoms with Crippen LogP contribution < -0.4 is 4.90 Å². The first-order chi connectivity index (χ1) is 11.4. The smallest absolute Gasteiger partial charge is 0.267 e. The molecule has 24 heavy (non-hydrogen) atoms. The van der Waals surface area contributed by atoms with E-state index in [0.717, 1.165) is 23.7 Å². The summed E-state index contributed by atoms with van der Waals surface area (Å²) in [5.41, 5.74) is 1.20. The van der Waals surface area contributed by atoms with Gasteiger partial charge in [-0.15, -0.1) is 0 Å². The Bertz CT molecular complexity index is 906. The average Bonchev–Trinajstić information content (AvgIpc) is 3.12. The second-order valence-electron chi connectivity index (χ2n) is 5.96. The third-order valence-electron chi connectivity index (χ3n) is 4.30. The van der Waals surface area contributed by atoms with Crippen LogP contribution in [0.15, 0.2) is 48.8 Å². The monoisotopic (exact) mass is 335 g/mol. The fourth-order valence-corrected chi connectivity index (χ4v) is 3.22. The first kappa shape index (κ1) is 15.0. The zero-order valence-electron chi connectivity index (χ0n) is 12.5. The summed E-state index contributed by atoms with van der Waals surface area (Å²) in [6.45, 7) is -0.544. The molecule has 1 aromatic carbocycles. The van der Waals surface area contributed by atoms with Gasteiger partial charge in [0, 0.05) is 30.1 Å². The van der Waals surface area contributed by atoms with E-state index in [1.165, 1.54) is 4.90 Å². The van der Waals surface area contributed by atoms with Crippen molar-refractivity contribution in [3.05, 3.63) is 66.0 Å². The average molecular weight is 335 g/mol. The van der Waals surface area contributed by atoms with Crippen LogP contribution in [0.5, 0.6) is 0 Å². The van der Waals surface area contributed by atoms with Crippen molar-refractivity contribution in [2.75, 3.05) is 11.4 Å². The van der Waals surface area contributed by atoms with Gasteiger partial charge in [-0.2, -0.15) is 5.10 Å². The minimum atomic E-state index is -2.98. The van der Waals surface area contributed by atoms with Crippen molar-refractivity contribution in [2.24, 2.45) is 0 Å². The molecule has 1 atom stereocenters. The number of rotatable bonds is 2. The number of nitrogens with zero attached hydrogens (tertiary/aromatic N) is 3. The van der Waals surface area contributed by atoms with E-state index in [1.807, 2.05) is 0 Å². The van der Waals surface area contributed by atoms with Crippen molar-refractivity contribution in [2.45, 2.75) is 18.4 Å². The van der Waals surface area contributed by atoms with Crippen LogP contribution >= 0.6 is 0 Å². The predicted octanol–water partition coefficient (Wildman–Crippen LogP) is 4.20. The lowest BCUT2D eigenvalue weighted by atomic mass is 10.0. The van der Waals surface area contributed by atoms with Gasteiger partial charge in [0.1, 0.15) is 11.6 Å². The molecular weight excluding hydrogens is 322 g/mol. The van der Waals surface area contributed by atoms with E-state index in [0.29, 0.717) is 5.69 Å². The Labute approximate surface area is 135 Å². The number of fused-ring (bicyclic) bond motifs is 1. The van der Waals surface area contributed by atoms with Gasteiger partial charge in [0.15, 0.2) is 0 Å². The van der Waals surface area contributed by atoms with Gasteiger partial charge in [-0.05, 0) is 36.4 Å². The highest BCUT2D eigenvalue weighted by molar-refractivity contribution is 5.61. The van der Waals surface area contributed by atoms with E-state index in [2.05, 4.69) is 5.10 Å². The van der Waals surface area contributed by atoms with Crippen molar-refractivity contribution in [1.29, 1.82) is 0 Å². The lowest BCUT2D eigenvalue weighted by molar-refractivity contribution is 0.0222. The highest BCUT2D eigenvalue weighted by Crippen LogP contribution is 2.44. The van der Waals surface area contributed by atoms with Gasteiger partial charge in [0.25, 0.3) is 5.92 Å². The first-order valence-corrected chi connectivity index (χ1v) is 7.46. The number of hydrogen-bond acceptors (Lipinski definition) is 2. The van der Waals surface area contributed by atoms with Gasteiger partial charge in [0.2, 0.25) is 0 Å². The molecule has 1 saturated heterocycles. The molecule has 0 saturated carbocycles. The molecule has 3 heterocycles. The molecule has 0 aliphatic carbocycles. The molecule has 0 N–H and O–H groups in total. The number of halogens is 4. The van der Waals surface area contributed by atoms with E-state index in [-0.39, 0.29) is 5.56 Å². The molecule has 3 aromatic rings. The van der Waals surface area contributed by atoms with Crippen LogP contribution in [0, 0.1) is 11.6 Å². The normalized spacial score (nSPS) is 20.0. The Balaban J connectivity index is 1.80. The predicted molar refractivity (Wildman–Crippen MR) is 81.2 cm³/mol. The summed E-state index contributed by atoms with van der Waals surface area (Å²) in [4.78, 5) is 1.42.